The molecule has 1 aliphatic carbocycles. The summed E-state index contributed by atoms with van der Waals surface area (Å²) in [5, 5.41) is 3.68. The Hall–Kier alpha value is -1.06. The zero-order valence-electron chi connectivity index (χ0n) is 12.7. The Labute approximate surface area is 122 Å². The molecule has 0 spiro atoms. The Morgan fingerprint density at radius 1 is 1.15 bits per heavy atom. The molecule has 0 amide bonds. The van der Waals surface area contributed by atoms with Crippen molar-refractivity contribution >= 4 is 0 Å². The second-order valence-electron chi connectivity index (χ2n) is 5.83. The first kappa shape index (κ1) is 15.3. The third kappa shape index (κ3) is 5.14. The molecular formula is C17H27NO2. The van der Waals surface area contributed by atoms with Crippen LogP contribution in [0.5, 0.6) is 5.75 Å². The van der Waals surface area contributed by atoms with E-state index >= 15 is 0 Å². The van der Waals surface area contributed by atoms with Crippen LogP contribution in [0.15, 0.2) is 24.3 Å². The van der Waals surface area contributed by atoms with Crippen molar-refractivity contribution in [3.05, 3.63) is 29.8 Å². The predicted molar refractivity (Wildman–Crippen MR) is 82.1 cm³/mol. The summed E-state index contributed by atoms with van der Waals surface area (Å²) in [7, 11) is 1.68. The number of hydrogen-bond donors (Lipinski definition) is 1. The fourth-order valence-corrected chi connectivity index (χ4v) is 2.83. The van der Waals surface area contributed by atoms with Gasteiger partial charge in [-0.25, -0.2) is 0 Å². The molecule has 0 aliphatic heterocycles. The minimum atomic E-state index is 0.605. The van der Waals surface area contributed by atoms with Gasteiger partial charge in [-0.3, -0.25) is 0 Å². The van der Waals surface area contributed by atoms with Crippen LogP contribution in [-0.4, -0.2) is 26.4 Å². The number of ether oxygens (including phenoxy) is 2. The highest BCUT2D eigenvalue weighted by atomic mass is 16.5. The fraction of sp³-hybridized carbons (Fsp3) is 0.647. The molecule has 0 saturated heterocycles. The van der Waals surface area contributed by atoms with Gasteiger partial charge >= 0.3 is 0 Å². The summed E-state index contributed by atoms with van der Waals surface area (Å²) in [6.45, 7) is 4.55. The first-order valence-corrected chi connectivity index (χ1v) is 7.72. The highest BCUT2D eigenvalue weighted by Crippen LogP contribution is 2.23. The van der Waals surface area contributed by atoms with E-state index in [9.17, 15) is 0 Å². The fourth-order valence-electron chi connectivity index (χ4n) is 2.83. The molecule has 2 rings (SSSR count). The third-order valence-corrected chi connectivity index (χ3v) is 4.01. The lowest BCUT2D eigenvalue weighted by Gasteiger charge is -2.27. The van der Waals surface area contributed by atoms with Crippen LogP contribution in [0.4, 0.5) is 0 Å². The van der Waals surface area contributed by atoms with Gasteiger partial charge in [0.15, 0.2) is 0 Å². The van der Waals surface area contributed by atoms with E-state index < -0.39 is 0 Å². The van der Waals surface area contributed by atoms with Crippen LogP contribution in [0.2, 0.25) is 0 Å². The number of methoxy groups -OCH3 is 1. The molecule has 2 atom stereocenters. The molecule has 1 aromatic carbocycles. The summed E-state index contributed by atoms with van der Waals surface area (Å²) in [5.74, 6) is 1.79. The van der Waals surface area contributed by atoms with Crippen LogP contribution in [-0.2, 0) is 11.3 Å². The molecule has 20 heavy (non-hydrogen) atoms. The van der Waals surface area contributed by atoms with Crippen molar-refractivity contribution in [1.82, 2.24) is 5.32 Å². The Morgan fingerprint density at radius 2 is 1.95 bits per heavy atom. The van der Waals surface area contributed by atoms with E-state index in [4.69, 9.17) is 9.47 Å². The van der Waals surface area contributed by atoms with Gasteiger partial charge in [-0.2, -0.15) is 0 Å². The topological polar surface area (TPSA) is 30.5 Å². The Balaban J connectivity index is 1.73. The lowest BCUT2D eigenvalue weighted by Crippen LogP contribution is -2.33. The van der Waals surface area contributed by atoms with Gasteiger partial charge in [-0.15, -0.1) is 0 Å². The van der Waals surface area contributed by atoms with Gasteiger partial charge in [0.25, 0.3) is 0 Å². The van der Waals surface area contributed by atoms with Gasteiger partial charge in [0.05, 0.1) is 6.61 Å². The van der Waals surface area contributed by atoms with E-state index in [1.165, 1.54) is 31.2 Å². The Morgan fingerprint density at radius 3 is 2.65 bits per heavy atom. The van der Waals surface area contributed by atoms with Crippen molar-refractivity contribution in [3.8, 4) is 5.75 Å². The average Bonchev–Trinajstić information content (AvgIpc) is 2.47. The average molecular weight is 277 g/mol. The molecule has 1 N–H and O–H groups in total. The lowest BCUT2D eigenvalue weighted by atomic mass is 9.87. The van der Waals surface area contributed by atoms with E-state index in [1.807, 2.05) is 12.1 Å². The van der Waals surface area contributed by atoms with Gasteiger partial charge in [0.2, 0.25) is 0 Å². The summed E-state index contributed by atoms with van der Waals surface area (Å²) in [5.41, 5.74) is 1.32. The monoisotopic (exact) mass is 277 g/mol. The molecule has 0 bridgehead atoms. The van der Waals surface area contributed by atoms with E-state index in [1.54, 1.807) is 7.11 Å². The zero-order chi connectivity index (χ0) is 14.2. The van der Waals surface area contributed by atoms with Gasteiger partial charge < -0.3 is 14.8 Å². The van der Waals surface area contributed by atoms with Crippen molar-refractivity contribution in [1.29, 1.82) is 0 Å². The predicted octanol–water partition coefficient (Wildman–Crippen LogP) is 3.38. The van der Waals surface area contributed by atoms with Crippen LogP contribution in [0, 0.1) is 5.92 Å². The SMILES string of the molecule is COCCOc1ccc(CNC2CCCC(C)C2)cc1. The van der Waals surface area contributed by atoms with Gasteiger partial charge in [0.1, 0.15) is 12.4 Å². The van der Waals surface area contributed by atoms with E-state index in [0.29, 0.717) is 19.3 Å². The largest absolute Gasteiger partial charge is 0.491 e. The van der Waals surface area contributed by atoms with Gasteiger partial charge in [-0.1, -0.05) is 31.9 Å². The van der Waals surface area contributed by atoms with E-state index in [-0.39, 0.29) is 0 Å². The Kier molecular flexibility index (Phi) is 6.34. The molecule has 0 aromatic heterocycles. The number of benzene rings is 1. The second-order valence-corrected chi connectivity index (χ2v) is 5.83. The molecule has 1 aliphatic rings. The first-order chi connectivity index (χ1) is 9.78. The summed E-state index contributed by atoms with van der Waals surface area (Å²) in [4.78, 5) is 0. The molecule has 1 aromatic rings. The number of rotatable bonds is 7. The maximum atomic E-state index is 5.56. The third-order valence-electron chi connectivity index (χ3n) is 4.01. The van der Waals surface area contributed by atoms with Crippen molar-refractivity contribution in [2.75, 3.05) is 20.3 Å². The first-order valence-electron chi connectivity index (χ1n) is 7.72. The highest BCUT2D eigenvalue weighted by Gasteiger charge is 2.17. The van der Waals surface area contributed by atoms with E-state index in [2.05, 4.69) is 24.4 Å². The minimum absolute atomic E-state index is 0.605. The standard InChI is InChI=1S/C17H27NO2/c1-14-4-3-5-16(12-14)18-13-15-6-8-17(9-7-15)20-11-10-19-2/h6-9,14,16,18H,3-5,10-13H2,1-2H3. The molecule has 1 saturated carbocycles. The summed E-state index contributed by atoms with van der Waals surface area (Å²) >= 11 is 0. The van der Waals surface area contributed by atoms with Crippen LogP contribution >= 0.6 is 0 Å². The van der Waals surface area contributed by atoms with Crippen LogP contribution < -0.4 is 10.1 Å². The molecule has 112 valence electrons. The lowest BCUT2D eigenvalue weighted by molar-refractivity contribution is 0.146. The maximum Gasteiger partial charge on any atom is 0.119 e. The normalized spacial score (nSPS) is 22.7. The van der Waals surface area contributed by atoms with Crippen LogP contribution in [0.25, 0.3) is 0 Å². The van der Waals surface area contributed by atoms with Crippen molar-refractivity contribution in [2.45, 2.75) is 45.2 Å². The number of hydrogen-bond acceptors (Lipinski definition) is 3. The molecule has 1 fully saturated rings. The molecule has 0 heterocycles. The number of nitrogens with one attached hydrogen (secondary N) is 1. The summed E-state index contributed by atoms with van der Waals surface area (Å²) in [6, 6.07) is 9.05. The zero-order valence-corrected chi connectivity index (χ0v) is 12.7. The van der Waals surface area contributed by atoms with Crippen molar-refractivity contribution in [2.24, 2.45) is 5.92 Å². The van der Waals surface area contributed by atoms with Crippen LogP contribution in [0.1, 0.15) is 38.2 Å². The molecule has 3 nitrogen and oxygen atoms in total. The van der Waals surface area contributed by atoms with E-state index in [0.717, 1.165) is 18.2 Å². The summed E-state index contributed by atoms with van der Waals surface area (Å²) < 4.78 is 10.5. The van der Waals surface area contributed by atoms with Gasteiger partial charge in [0, 0.05) is 19.7 Å². The second kappa shape index (κ2) is 8.28. The quantitative estimate of drug-likeness (QED) is 0.775. The van der Waals surface area contributed by atoms with Crippen molar-refractivity contribution < 1.29 is 9.47 Å². The summed E-state index contributed by atoms with van der Waals surface area (Å²) in [6.07, 6.45) is 5.40. The molecule has 0 radical (unpaired) electrons. The highest BCUT2D eigenvalue weighted by molar-refractivity contribution is 5.27. The molecule has 3 heteroatoms. The smallest absolute Gasteiger partial charge is 0.119 e. The maximum absolute atomic E-state index is 5.56. The van der Waals surface area contributed by atoms with Crippen LogP contribution in [0.3, 0.4) is 0 Å². The van der Waals surface area contributed by atoms with Crippen molar-refractivity contribution in [3.63, 3.8) is 0 Å². The van der Waals surface area contributed by atoms with Gasteiger partial charge in [-0.05, 0) is 36.5 Å². The minimum Gasteiger partial charge on any atom is -0.491 e. The Bertz CT molecular complexity index is 377. The molecule has 2 unspecified atom stereocenters. The molecular weight excluding hydrogens is 250 g/mol.